The van der Waals surface area contributed by atoms with Gasteiger partial charge < -0.3 is 14.6 Å². The summed E-state index contributed by atoms with van der Waals surface area (Å²) in [7, 11) is 0. The molecule has 0 spiro atoms. The minimum Gasteiger partial charge on any atom is -0.491 e. The van der Waals surface area contributed by atoms with Crippen LogP contribution in [0.15, 0.2) is 18.2 Å². The van der Waals surface area contributed by atoms with Gasteiger partial charge in [0, 0.05) is 19.6 Å². The zero-order valence-corrected chi connectivity index (χ0v) is 11.1. The number of aromatic carboxylic acids is 1. The number of carbonyl (C=O) groups is 1. The fourth-order valence-electron chi connectivity index (χ4n) is 2.04. The van der Waals surface area contributed by atoms with Gasteiger partial charge in [0.1, 0.15) is 17.9 Å². The van der Waals surface area contributed by atoms with Crippen molar-refractivity contribution in [1.82, 2.24) is 4.90 Å². The number of morpholine rings is 1. The van der Waals surface area contributed by atoms with E-state index < -0.39 is 5.97 Å². The van der Waals surface area contributed by atoms with Crippen LogP contribution in [0.3, 0.4) is 0 Å². The number of rotatable bonds is 5. The summed E-state index contributed by atoms with van der Waals surface area (Å²) in [6.45, 7) is 6.52. The van der Waals surface area contributed by atoms with E-state index in [0.29, 0.717) is 12.4 Å². The van der Waals surface area contributed by atoms with Gasteiger partial charge in [-0.05, 0) is 24.6 Å². The molecule has 104 valence electrons. The molecule has 1 aromatic carbocycles. The number of ether oxygens (including phenoxy) is 2. The Hall–Kier alpha value is -1.59. The van der Waals surface area contributed by atoms with E-state index in [1.807, 2.05) is 6.92 Å². The van der Waals surface area contributed by atoms with Crippen LogP contribution in [0, 0.1) is 6.92 Å². The van der Waals surface area contributed by atoms with Crippen LogP contribution >= 0.6 is 0 Å². The van der Waals surface area contributed by atoms with Crippen molar-refractivity contribution in [2.45, 2.75) is 6.92 Å². The first-order valence-electron chi connectivity index (χ1n) is 6.43. The van der Waals surface area contributed by atoms with Gasteiger partial charge in [0.25, 0.3) is 0 Å². The zero-order valence-electron chi connectivity index (χ0n) is 11.1. The van der Waals surface area contributed by atoms with E-state index in [0.717, 1.165) is 38.4 Å². The second-order valence-corrected chi connectivity index (χ2v) is 4.61. The maximum atomic E-state index is 11.1. The number of carboxylic acid groups (broad SMARTS) is 1. The summed E-state index contributed by atoms with van der Waals surface area (Å²) in [6.07, 6.45) is 0. The summed E-state index contributed by atoms with van der Waals surface area (Å²) >= 11 is 0. The Kier molecular flexibility index (Phi) is 4.76. The summed E-state index contributed by atoms with van der Waals surface area (Å²) in [6, 6.07) is 5.13. The van der Waals surface area contributed by atoms with Gasteiger partial charge in [0.05, 0.1) is 13.2 Å². The van der Waals surface area contributed by atoms with Gasteiger partial charge in [-0.2, -0.15) is 0 Å². The Balaban J connectivity index is 1.91. The van der Waals surface area contributed by atoms with E-state index in [1.165, 1.54) is 0 Å². The lowest BCUT2D eigenvalue weighted by Gasteiger charge is -2.26. The summed E-state index contributed by atoms with van der Waals surface area (Å²) in [5, 5.41) is 9.10. The number of hydrogen-bond acceptors (Lipinski definition) is 4. The maximum Gasteiger partial charge on any atom is 0.339 e. The number of aryl methyl sites for hydroxylation is 1. The molecule has 0 radical (unpaired) electrons. The van der Waals surface area contributed by atoms with E-state index >= 15 is 0 Å². The predicted octanol–water partition coefficient (Wildman–Crippen LogP) is 1.40. The van der Waals surface area contributed by atoms with Gasteiger partial charge in [0.15, 0.2) is 0 Å². The highest BCUT2D eigenvalue weighted by Gasteiger charge is 2.13. The molecule has 19 heavy (non-hydrogen) atoms. The zero-order chi connectivity index (χ0) is 13.7. The van der Waals surface area contributed by atoms with Gasteiger partial charge in [-0.3, -0.25) is 4.90 Å². The maximum absolute atomic E-state index is 11.1. The average Bonchev–Trinajstić information content (AvgIpc) is 2.39. The predicted molar refractivity (Wildman–Crippen MR) is 70.9 cm³/mol. The number of carboxylic acids is 1. The molecule has 0 unspecified atom stereocenters. The van der Waals surface area contributed by atoms with E-state index in [-0.39, 0.29) is 5.56 Å². The van der Waals surface area contributed by atoms with Crippen molar-refractivity contribution >= 4 is 5.97 Å². The minimum absolute atomic E-state index is 0.215. The first kappa shape index (κ1) is 13.8. The van der Waals surface area contributed by atoms with Crippen LogP contribution in [0.25, 0.3) is 0 Å². The lowest BCUT2D eigenvalue weighted by atomic mass is 10.1. The quantitative estimate of drug-likeness (QED) is 0.872. The third kappa shape index (κ3) is 3.94. The summed E-state index contributed by atoms with van der Waals surface area (Å²) in [5.74, 6) is -0.512. The fraction of sp³-hybridized carbons (Fsp3) is 0.500. The van der Waals surface area contributed by atoms with Gasteiger partial charge in [-0.1, -0.05) is 6.07 Å². The molecule has 1 saturated heterocycles. The van der Waals surface area contributed by atoms with Crippen molar-refractivity contribution in [2.24, 2.45) is 0 Å². The number of benzene rings is 1. The standard InChI is InChI=1S/C14H19NO4/c1-11-2-3-12(14(16)17)13(10-11)19-9-6-15-4-7-18-8-5-15/h2-3,10H,4-9H2,1H3,(H,16,17). The van der Waals surface area contributed by atoms with Crippen LogP contribution in [-0.4, -0.2) is 55.4 Å². The Morgan fingerprint density at radius 1 is 1.42 bits per heavy atom. The van der Waals surface area contributed by atoms with Crippen LogP contribution in [-0.2, 0) is 4.74 Å². The molecule has 0 bridgehead atoms. The summed E-state index contributed by atoms with van der Waals surface area (Å²) in [5.41, 5.74) is 1.21. The van der Waals surface area contributed by atoms with Gasteiger partial charge in [0.2, 0.25) is 0 Å². The highest BCUT2D eigenvalue weighted by Crippen LogP contribution is 2.20. The molecule has 0 amide bonds. The van der Waals surface area contributed by atoms with Crippen LogP contribution in [0.1, 0.15) is 15.9 Å². The van der Waals surface area contributed by atoms with Gasteiger partial charge >= 0.3 is 5.97 Å². The van der Waals surface area contributed by atoms with Crippen LogP contribution in [0.2, 0.25) is 0 Å². The molecule has 5 nitrogen and oxygen atoms in total. The van der Waals surface area contributed by atoms with E-state index in [4.69, 9.17) is 14.6 Å². The molecule has 0 aliphatic carbocycles. The molecule has 1 aromatic rings. The second kappa shape index (κ2) is 6.54. The molecule has 0 saturated carbocycles. The molecular weight excluding hydrogens is 246 g/mol. The highest BCUT2D eigenvalue weighted by atomic mass is 16.5. The number of hydrogen-bond donors (Lipinski definition) is 1. The van der Waals surface area contributed by atoms with Crippen molar-refractivity contribution < 1.29 is 19.4 Å². The van der Waals surface area contributed by atoms with Crippen molar-refractivity contribution in [3.8, 4) is 5.75 Å². The van der Waals surface area contributed by atoms with Gasteiger partial charge in [-0.25, -0.2) is 4.79 Å². The van der Waals surface area contributed by atoms with Crippen molar-refractivity contribution in [3.05, 3.63) is 29.3 Å². The second-order valence-electron chi connectivity index (χ2n) is 4.61. The van der Waals surface area contributed by atoms with Crippen LogP contribution in [0.4, 0.5) is 0 Å². The summed E-state index contributed by atoms with van der Waals surface area (Å²) in [4.78, 5) is 13.3. The summed E-state index contributed by atoms with van der Waals surface area (Å²) < 4.78 is 10.9. The molecule has 1 heterocycles. The molecule has 1 aliphatic heterocycles. The molecule has 1 aliphatic rings. The molecular formula is C14H19NO4. The molecule has 0 atom stereocenters. The smallest absolute Gasteiger partial charge is 0.339 e. The van der Waals surface area contributed by atoms with Crippen molar-refractivity contribution in [2.75, 3.05) is 39.5 Å². The first-order valence-corrected chi connectivity index (χ1v) is 6.43. The highest BCUT2D eigenvalue weighted by molar-refractivity contribution is 5.90. The Bertz CT molecular complexity index is 441. The van der Waals surface area contributed by atoms with E-state index in [9.17, 15) is 4.79 Å². The van der Waals surface area contributed by atoms with Crippen molar-refractivity contribution in [1.29, 1.82) is 0 Å². The molecule has 0 aromatic heterocycles. The third-order valence-electron chi connectivity index (χ3n) is 3.14. The monoisotopic (exact) mass is 265 g/mol. The van der Waals surface area contributed by atoms with Crippen LogP contribution in [0.5, 0.6) is 5.75 Å². The topological polar surface area (TPSA) is 59.0 Å². The first-order chi connectivity index (χ1) is 9.16. The third-order valence-corrected chi connectivity index (χ3v) is 3.14. The number of nitrogens with zero attached hydrogens (tertiary/aromatic N) is 1. The van der Waals surface area contributed by atoms with Gasteiger partial charge in [-0.15, -0.1) is 0 Å². The molecule has 1 N–H and O–H groups in total. The fourth-order valence-corrected chi connectivity index (χ4v) is 2.04. The lowest BCUT2D eigenvalue weighted by Crippen LogP contribution is -2.38. The van der Waals surface area contributed by atoms with E-state index in [1.54, 1.807) is 18.2 Å². The molecule has 1 fully saturated rings. The Morgan fingerprint density at radius 2 is 2.16 bits per heavy atom. The van der Waals surface area contributed by atoms with Crippen molar-refractivity contribution in [3.63, 3.8) is 0 Å². The SMILES string of the molecule is Cc1ccc(C(=O)O)c(OCCN2CCOCC2)c1. The van der Waals surface area contributed by atoms with Crippen LogP contribution < -0.4 is 4.74 Å². The molecule has 5 heteroatoms. The minimum atomic E-state index is -0.957. The Morgan fingerprint density at radius 3 is 2.84 bits per heavy atom. The normalized spacial score (nSPS) is 16.3. The molecule has 2 rings (SSSR count). The van der Waals surface area contributed by atoms with E-state index in [2.05, 4.69) is 4.90 Å². The largest absolute Gasteiger partial charge is 0.491 e. The average molecular weight is 265 g/mol. The Labute approximate surface area is 112 Å². The lowest BCUT2D eigenvalue weighted by molar-refractivity contribution is 0.0321.